The van der Waals surface area contributed by atoms with Gasteiger partial charge in [-0.3, -0.25) is 14.4 Å². The van der Waals surface area contributed by atoms with Crippen LogP contribution < -0.4 is 20.3 Å². The van der Waals surface area contributed by atoms with Crippen LogP contribution in [0, 0.1) is 17.0 Å². The number of ether oxygens (including phenoxy) is 1. The van der Waals surface area contributed by atoms with Crippen LogP contribution in [0.1, 0.15) is 40.2 Å². The van der Waals surface area contributed by atoms with Gasteiger partial charge in [-0.1, -0.05) is 39.0 Å². The number of rotatable bonds is 6. The zero-order valence-electron chi connectivity index (χ0n) is 20.5. The topological polar surface area (TPSA) is 87.7 Å². The van der Waals surface area contributed by atoms with Crippen LogP contribution in [-0.4, -0.2) is 42.5 Å². The van der Waals surface area contributed by atoms with Crippen molar-refractivity contribution < 1.29 is 27.9 Å². The number of carbonyl (C=O) groups is 3. The summed E-state index contributed by atoms with van der Waals surface area (Å²) in [7, 11) is 0. The summed E-state index contributed by atoms with van der Waals surface area (Å²) >= 11 is 0. The van der Waals surface area contributed by atoms with Gasteiger partial charge in [0.25, 0.3) is 5.91 Å². The number of hydrogen-bond acceptors (Lipinski definition) is 4. The number of hydrogen-bond donors (Lipinski definition) is 2. The Morgan fingerprint density at radius 3 is 2.46 bits per heavy atom. The van der Waals surface area contributed by atoms with Gasteiger partial charge < -0.3 is 20.3 Å². The first-order valence-electron chi connectivity index (χ1n) is 11.5. The van der Waals surface area contributed by atoms with E-state index in [0.29, 0.717) is 5.69 Å². The second-order valence-corrected chi connectivity index (χ2v) is 9.86. The fourth-order valence-corrected chi connectivity index (χ4v) is 3.71. The van der Waals surface area contributed by atoms with E-state index in [4.69, 9.17) is 4.74 Å². The summed E-state index contributed by atoms with van der Waals surface area (Å²) in [6.07, 6.45) is -0.110. The molecule has 3 rings (SSSR count). The molecule has 2 aromatic rings. The minimum atomic E-state index is -1.14. The summed E-state index contributed by atoms with van der Waals surface area (Å²) in [4.78, 5) is 40.8. The van der Waals surface area contributed by atoms with Gasteiger partial charge >= 0.3 is 0 Å². The summed E-state index contributed by atoms with van der Waals surface area (Å²) < 4.78 is 33.8. The summed E-state index contributed by atoms with van der Waals surface area (Å²) in [6, 6.07) is 7.31. The second kappa shape index (κ2) is 10.4. The Hall–Kier alpha value is -3.49. The molecule has 1 heterocycles. The maximum Gasteiger partial charge on any atom is 0.253 e. The van der Waals surface area contributed by atoms with E-state index in [9.17, 15) is 23.2 Å². The normalized spacial score (nSPS) is 16.7. The van der Waals surface area contributed by atoms with Crippen molar-refractivity contribution >= 4 is 23.4 Å². The summed E-state index contributed by atoms with van der Waals surface area (Å²) in [6.45, 7) is 8.43. The first kappa shape index (κ1) is 26.1. The van der Waals surface area contributed by atoms with Crippen molar-refractivity contribution in [2.45, 2.75) is 59.2 Å². The molecule has 9 heteroatoms. The first-order chi connectivity index (χ1) is 16.4. The quantitative estimate of drug-likeness (QED) is 0.654. The summed E-state index contributed by atoms with van der Waals surface area (Å²) in [5.74, 6) is -2.33. The van der Waals surface area contributed by atoms with Crippen LogP contribution in [-0.2, 0) is 20.8 Å². The SMILES string of the molecule is CC(C)N1C(=O)C(NC(=O)[C@@H](Cc2ccccc2F)NC(=O)C(C)(C)C)COc2cc(F)ccc21. The number of fused-ring (bicyclic) bond motifs is 1. The third-order valence-electron chi connectivity index (χ3n) is 5.64. The number of amides is 3. The highest BCUT2D eigenvalue weighted by Crippen LogP contribution is 2.33. The molecule has 2 aromatic carbocycles. The molecule has 0 saturated carbocycles. The van der Waals surface area contributed by atoms with Crippen molar-refractivity contribution in [1.82, 2.24) is 10.6 Å². The molecule has 1 aliphatic rings. The van der Waals surface area contributed by atoms with Crippen molar-refractivity contribution in [3.63, 3.8) is 0 Å². The molecule has 1 unspecified atom stereocenters. The molecule has 0 aliphatic carbocycles. The van der Waals surface area contributed by atoms with E-state index in [1.165, 1.54) is 41.3 Å². The minimum absolute atomic E-state index is 0.110. The predicted molar refractivity (Wildman–Crippen MR) is 128 cm³/mol. The molecule has 0 radical (unpaired) electrons. The fourth-order valence-electron chi connectivity index (χ4n) is 3.71. The molecule has 188 valence electrons. The standard InChI is InChI=1S/C26H31F2N3O4/c1-15(2)31-21-11-10-17(27)13-22(21)35-14-20(24(31)33)29-23(32)19(30-25(34)26(3,4)5)12-16-8-6-7-9-18(16)28/h6-11,13,15,19-20H,12,14H2,1-5H3,(H,29,32)(H,30,34)/t19-,20?/m1/s1. The zero-order valence-corrected chi connectivity index (χ0v) is 20.5. The van der Waals surface area contributed by atoms with Crippen LogP contribution >= 0.6 is 0 Å². The van der Waals surface area contributed by atoms with Crippen molar-refractivity contribution in [3.8, 4) is 5.75 Å². The van der Waals surface area contributed by atoms with Gasteiger partial charge in [0.1, 0.15) is 36.1 Å². The Kier molecular flexibility index (Phi) is 7.77. The molecule has 3 amide bonds. The van der Waals surface area contributed by atoms with Gasteiger partial charge in [-0.05, 0) is 37.6 Å². The van der Waals surface area contributed by atoms with Crippen LogP contribution in [0.5, 0.6) is 5.75 Å². The number of nitrogens with zero attached hydrogens (tertiary/aromatic N) is 1. The first-order valence-corrected chi connectivity index (χ1v) is 11.5. The molecule has 0 saturated heterocycles. The average Bonchev–Trinajstić information content (AvgIpc) is 2.90. The molecule has 2 N–H and O–H groups in total. The van der Waals surface area contributed by atoms with Crippen molar-refractivity contribution in [2.75, 3.05) is 11.5 Å². The monoisotopic (exact) mass is 487 g/mol. The second-order valence-electron chi connectivity index (χ2n) is 9.86. The van der Waals surface area contributed by atoms with Gasteiger partial charge in [-0.15, -0.1) is 0 Å². The van der Waals surface area contributed by atoms with Crippen molar-refractivity contribution in [1.29, 1.82) is 0 Å². The lowest BCUT2D eigenvalue weighted by Gasteiger charge is -2.29. The van der Waals surface area contributed by atoms with Crippen LogP contribution in [0.15, 0.2) is 42.5 Å². The Morgan fingerprint density at radius 2 is 1.83 bits per heavy atom. The third kappa shape index (κ3) is 6.15. The molecule has 35 heavy (non-hydrogen) atoms. The lowest BCUT2D eigenvalue weighted by molar-refractivity contribution is -0.134. The number of benzene rings is 2. The minimum Gasteiger partial charge on any atom is -0.489 e. The summed E-state index contributed by atoms with van der Waals surface area (Å²) in [5, 5.41) is 5.33. The molecule has 2 atom stereocenters. The highest BCUT2D eigenvalue weighted by Gasteiger charge is 2.36. The molecule has 0 spiro atoms. The Bertz CT molecular complexity index is 1110. The molecule has 0 fully saturated rings. The van der Waals surface area contributed by atoms with E-state index in [2.05, 4.69) is 10.6 Å². The molecular weight excluding hydrogens is 456 g/mol. The van der Waals surface area contributed by atoms with Crippen LogP contribution in [0.3, 0.4) is 0 Å². The lowest BCUT2D eigenvalue weighted by Crippen LogP contribution is -2.58. The molecule has 1 aliphatic heterocycles. The predicted octanol–water partition coefficient (Wildman–Crippen LogP) is 3.36. The van der Waals surface area contributed by atoms with Crippen molar-refractivity contribution in [2.24, 2.45) is 5.41 Å². The highest BCUT2D eigenvalue weighted by molar-refractivity contribution is 6.02. The fraction of sp³-hybridized carbons (Fsp3) is 0.423. The number of carbonyl (C=O) groups excluding carboxylic acids is 3. The largest absolute Gasteiger partial charge is 0.489 e. The third-order valence-corrected chi connectivity index (χ3v) is 5.64. The lowest BCUT2D eigenvalue weighted by atomic mass is 9.94. The van der Waals surface area contributed by atoms with Crippen LogP contribution in [0.2, 0.25) is 0 Å². The Balaban J connectivity index is 1.87. The Morgan fingerprint density at radius 1 is 1.14 bits per heavy atom. The van der Waals surface area contributed by atoms with Gasteiger partial charge in [0.15, 0.2) is 0 Å². The van der Waals surface area contributed by atoms with Crippen LogP contribution in [0.25, 0.3) is 0 Å². The van der Waals surface area contributed by atoms with Gasteiger partial charge in [0, 0.05) is 23.9 Å². The van der Waals surface area contributed by atoms with E-state index < -0.39 is 46.9 Å². The molecule has 0 aromatic heterocycles. The zero-order chi connectivity index (χ0) is 25.9. The summed E-state index contributed by atoms with van der Waals surface area (Å²) in [5.41, 5.74) is -0.154. The number of halogens is 2. The number of anilines is 1. The smallest absolute Gasteiger partial charge is 0.253 e. The molecule has 0 bridgehead atoms. The number of nitrogens with one attached hydrogen (secondary N) is 2. The van der Waals surface area contributed by atoms with E-state index in [-0.39, 0.29) is 30.4 Å². The maximum absolute atomic E-state index is 14.3. The highest BCUT2D eigenvalue weighted by atomic mass is 19.1. The van der Waals surface area contributed by atoms with Gasteiger partial charge in [-0.25, -0.2) is 8.78 Å². The maximum atomic E-state index is 14.3. The molecule has 7 nitrogen and oxygen atoms in total. The van der Waals surface area contributed by atoms with Gasteiger partial charge in [0.05, 0.1) is 5.69 Å². The van der Waals surface area contributed by atoms with E-state index in [1.807, 2.05) is 0 Å². The van der Waals surface area contributed by atoms with E-state index >= 15 is 0 Å². The average molecular weight is 488 g/mol. The van der Waals surface area contributed by atoms with Gasteiger partial charge in [-0.2, -0.15) is 0 Å². The van der Waals surface area contributed by atoms with Gasteiger partial charge in [0.2, 0.25) is 11.8 Å². The van der Waals surface area contributed by atoms with E-state index in [1.54, 1.807) is 40.7 Å². The Labute approximate surface area is 203 Å². The van der Waals surface area contributed by atoms with Crippen LogP contribution in [0.4, 0.5) is 14.5 Å². The molecular formula is C26H31F2N3O4. The van der Waals surface area contributed by atoms with E-state index in [0.717, 1.165) is 0 Å². The van der Waals surface area contributed by atoms with Crippen molar-refractivity contribution in [3.05, 3.63) is 59.7 Å².